The van der Waals surface area contributed by atoms with Crippen molar-refractivity contribution in [1.82, 2.24) is 14.8 Å². The fourth-order valence-electron chi connectivity index (χ4n) is 5.47. The molecule has 2 heterocycles. The molecule has 4 rings (SSSR count). The first-order valence-electron chi connectivity index (χ1n) is 12.1. The quantitative estimate of drug-likeness (QED) is 0.542. The van der Waals surface area contributed by atoms with Crippen LogP contribution in [0.3, 0.4) is 0 Å². The molecule has 2 fully saturated rings. The van der Waals surface area contributed by atoms with Gasteiger partial charge in [0.2, 0.25) is 0 Å². The number of hydrogen-bond donors (Lipinski definition) is 0. The monoisotopic (exact) mass is 419 g/mol. The van der Waals surface area contributed by atoms with Crippen LogP contribution in [0.2, 0.25) is 0 Å². The maximum atomic E-state index is 11.9. The summed E-state index contributed by atoms with van der Waals surface area (Å²) in [5.74, 6) is 0.847. The molecular weight excluding hydrogens is 382 g/mol. The van der Waals surface area contributed by atoms with E-state index >= 15 is 0 Å². The Hall–Kier alpha value is -2.04. The summed E-state index contributed by atoms with van der Waals surface area (Å²) >= 11 is 0. The van der Waals surface area contributed by atoms with Crippen LogP contribution in [0.25, 0.3) is 0 Å². The molecule has 2 aromatic rings. The van der Waals surface area contributed by atoms with E-state index in [0.717, 1.165) is 31.2 Å². The molecule has 0 N–H and O–H groups in total. The van der Waals surface area contributed by atoms with Crippen LogP contribution in [0.4, 0.5) is 0 Å². The number of piperidine rings is 1. The Bertz CT molecular complexity index is 831. The van der Waals surface area contributed by atoms with Crippen molar-refractivity contribution in [2.75, 3.05) is 19.6 Å². The molecule has 166 valence electrons. The van der Waals surface area contributed by atoms with Crippen molar-refractivity contribution in [1.29, 1.82) is 0 Å². The van der Waals surface area contributed by atoms with E-state index in [9.17, 15) is 4.79 Å². The van der Waals surface area contributed by atoms with Crippen molar-refractivity contribution in [3.63, 3.8) is 0 Å². The number of likely N-dealkylation sites (tertiary alicyclic amines) is 1. The van der Waals surface area contributed by atoms with E-state index in [1.54, 1.807) is 6.92 Å². The van der Waals surface area contributed by atoms with Gasteiger partial charge in [0.15, 0.2) is 5.78 Å². The molecule has 0 unspecified atom stereocenters. The number of hydrogen-bond acceptors (Lipinski definition) is 4. The number of Topliss-reactive ketones (excluding diaryl/α,β-unsaturated/α-hetero) is 1. The van der Waals surface area contributed by atoms with Crippen molar-refractivity contribution in [2.45, 2.75) is 71.0 Å². The third-order valence-electron chi connectivity index (χ3n) is 7.03. The zero-order valence-electron chi connectivity index (χ0n) is 19.0. The molecule has 4 nitrogen and oxygen atoms in total. The summed E-state index contributed by atoms with van der Waals surface area (Å²) in [5.41, 5.74) is 3.28. The Morgan fingerprint density at radius 2 is 1.84 bits per heavy atom. The molecule has 1 aliphatic heterocycles. The first kappa shape index (κ1) is 22.2. The Kier molecular flexibility index (Phi) is 7.87. The smallest absolute Gasteiger partial charge is 0.159 e. The highest BCUT2D eigenvalue weighted by molar-refractivity contribution is 5.94. The lowest BCUT2D eigenvalue weighted by atomic mass is 9.90. The zero-order chi connectivity index (χ0) is 21.5. The summed E-state index contributed by atoms with van der Waals surface area (Å²) in [6, 6.07) is 13.2. The molecule has 4 heteroatoms. The molecule has 31 heavy (non-hydrogen) atoms. The maximum Gasteiger partial charge on any atom is 0.159 e. The van der Waals surface area contributed by atoms with Gasteiger partial charge in [-0.25, -0.2) is 0 Å². The molecule has 0 bridgehead atoms. The highest BCUT2D eigenvalue weighted by Gasteiger charge is 2.28. The highest BCUT2D eigenvalue weighted by atomic mass is 16.1. The van der Waals surface area contributed by atoms with Gasteiger partial charge in [-0.1, -0.05) is 43.5 Å². The standard InChI is InChI=1S/C27H37N3O/c1-22(31)26-11-5-8-23(16-26)18-29(19-24-9-6-14-28-17-24)20-25-10-7-15-30(21-25)27-12-3-2-4-13-27/h5-6,8-9,11,14,16-17,25,27H,2-4,7,10,12-13,15,18-21H2,1H3/t25-/m0/s1. The summed E-state index contributed by atoms with van der Waals surface area (Å²) in [4.78, 5) is 21.5. The van der Waals surface area contributed by atoms with Crippen LogP contribution in [0.15, 0.2) is 48.8 Å². The van der Waals surface area contributed by atoms with Gasteiger partial charge in [0.1, 0.15) is 0 Å². The topological polar surface area (TPSA) is 36.4 Å². The number of pyridine rings is 1. The first-order chi connectivity index (χ1) is 15.2. The second kappa shape index (κ2) is 11.0. The minimum absolute atomic E-state index is 0.135. The van der Waals surface area contributed by atoms with E-state index in [4.69, 9.17) is 0 Å². The van der Waals surface area contributed by atoms with Crippen molar-refractivity contribution < 1.29 is 4.79 Å². The predicted molar refractivity (Wildman–Crippen MR) is 126 cm³/mol. The molecule has 1 atom stereocenters. The van der Waals surface area contributed by atoms with Crippen LogP contribution in [0, 0.1) is 5.92 Å². The summed E-state index contributed by atoms with van der Waals surface area (Å²) in [7, 11) is 0. The van der Waals surface area contributed by atoms with Crippen molar-refractivity contribution in [3.8, 4) is 0 Å². The molecule has 1 saturated heterocycles. The lowest BCUT2D eigenvalue weighted by molar-refractivity contribution is 0.0771. The Labute approximate surface area is 187 Å². The number of rotatable bonds is 8. The molecule has 0 radical (unpaired) electrons. The van der Waals surface area contributed by atoms with Gasteiger partial charge in [-0.2, -0.15) is 0 Å². The third-order valence-corrected chi connectivity index (χ3v) is 7.03. The molecule has 1 aromatic carbocycles. The van der Waals surface area contributed by atoms with Gasteiger partial charge in [-0.3, -0.25) is 14.7 Å². The van der Waals surface area contributed by atoms with Gasteiger partial charge in [-0.05, 0) is 68.3 Å². The van der Waals surface area contributed by atoms with Crippen LogP contribution >= 0.6 is 0 Å². The molecule has 1 saturated carbocycles. The van der Waals surface area contributed by atoms with Crippen LogP contribution in [-0.2, 0) is 13.1 Å². The van der Waals surface area contributed by atoms with E-state index in [-0.39, 0.29) is 5.78 Å². The van der Waals surface area contributed by atoms with Crippen molar-refractivity contribution in [3.05, 3.63) is 65.5 Å². The maximum absolute atomic E-state index is 11.9. The minimum atomic E-state index is 0.135. The largest absolute Gasteiger partial charge is 0.300 e. The van der Waals surface area contributed by atoms with Gasteiger partial charge < -0.3 is 4.90 Å². The normalized spacial score (nSPS) is 20.8. The van der Waals surface area contributed by atoms with Gasteiger partial charge in [-0.15, -0.1) is 0 Å². The number of carbonyl (C=O) groups excluding carboxylic acids is 1. The number of ketones is 1. The van der Waals surface area contributed by atoms with E-state index in [1.807, 2.05) is 30.6 Å². The lowest BCUT2D eigenvalue weighted by Crippen LogP contribution is -2.46. The second-order valence-corrected chi connectivity index (χ2v) is 9.58. The first-order valence-corrected chi connectivity index (χ1v) is 12.1. The number of benzene rings is 1. The zero-order valence-corrected chi connectivity index (χ0v) is 19.0. The average molecular weight is 420 g/mol. The van der Waals surface area contributed by atoms with Gasteiger partial charge in [0, 0.05) is 50.2 Å². The van der Waals surface area contributed by atoms with Crippen LogP contribution in [0.5, 0.6) is 0 Å². The SMILES string of the molecule is CC(=O)c1cccc(CN(Cc2cccnc2)C[C@@H]2CCCN(C3CCCCC3)C2)c1. The van der Waals surface area contributed by atoms with Crippen LogP contribution in [0.1, 0.15) is 73.4 Å². The van der Waals surface area contributed by atoms with E-state index in [2.05, 4.69) is 33.0 Å². The molecule has 0 spiro atoms. The molecule has 1 aromatic heterocycles. The third kappa shape index (κ3) is 6.47. The molecular formula is C27H37N3O. The fourth-order valence-corrected chi connectivity index (χ4v) is 5.47. The summed E-state index contributed by atoms with van der Waals surface area (Å²) < 4.78 is 0. The van der Waals surface area contributed by atoms with Crippen LogP contribution in [-0.4, -0.2) is 46.2 Å². The van der Waals surface area contributed by atoms with E-state index in [1.165, 1.54) is 69.2 Å². The Balaban J connectivity index is 1.44. The highest BCUT2D eigenvalue weighted by Crippen LogP contribution is 2.28. The fraction of sp³-hybridized carbons (Fsp3) is 0.556. The predicted octanol–water partition coefficient (Wildman–Crippen LogP) is 5.33. The summed E-state index contributed by atoms with van der Waals surface area (Å²) in [5, 5.41) is 0. The second-order valence-electron chi connectivity index (χ2n) is 9.58. The Morgan fingerprint density at radius 3 is 2.61 bits per heavy atom. The number of carbonyl (C=O) groups is 1. The summed E-state index contributed by atoms with van der Waals surface area (Å²) in [6.45, 7) is 7.04. The molecule has 1 aliphatic carbocycles. The van der Waals surface area contributed by atoms with Gasteiger partial charge in [0.05, 0.1) is 0 Å². The lowest BCUT2D eigenvalue weighted by Gasteiger charge is -2.41. The van der Waals surface area contributed by atoms with Crippen molar-refractivity contribution >= 4 is 5.78 Å². The summed E-state index contributed by atoms with van der Waals surface area (Å²) in [6.07, 6.45) is 13.5. The number of nitrogens with zero attached hydrogens (tertiary/aromatic N) is 3. The Morgan fingerprint density at radius 1 is 1.03 bits per heavy atom. The molecule has 2 aliphatic rings. The van der Waals surface area contributed by atoms with Crippen LogP contribution < -0.4 is 0 Å². The van der Waals surface area contributed by atoms with Gasteiger partial charge in [0.25, 0.3) is 0 Å². The minimum Gasteiger partial charge on any atom is -0.300 e. The van der Waals surface area contributed by atoms with E-state index in [0.29, 0.717) is 5.92 Å². The number of aromatic nitrogens is 1. The van der Waals surface area contributed by atoms with E-state index < -0.39 is 0 Å². The molecule has 0 amide bonds. The average Bonchev–Trinajstić information content (AvgIpc) is 2.81. The van der Waals surface area contributed by atoms with Crippen molar-refractivity contribution in [2.24, 2.45) is 5.92 Å². The van der Waals surface area contributed by atoms with Gasteiger partial charge >= 0.3 is 0 Å².